The lowest BCUT2D eigenvalue weighted by Gasteiger charge is -2.26. The van der Waals surface area contributed by atoms with Gasteiger partial charge in [-0.05, 0) is 18.9 Å². The first-order valence-electron chi connectivity index (χ1n) is 6.64. The number of hydrogen-bond acceptors (Lipinski definition) is 2. The van der Waals surface area contributed by atoms with E-state index in [-0.39, 0.29) is 17.0 Å². The molecule has 102 valence electrons. The van der Waals surface area contributed by atoms with Gasteiger partial charge in [-0.15, -0.1) is 0 Å². The summed E-state index contributed by atoms with van der Waals surface area (Å²) in [4.78, 5) is 12.5. The molecule has 1 rings (SSSR count). The van der Waals surface area contributed by atoms with E-state index in [9.17, 15) is 4.79 Å². The predicted molar refractivity (Wildman–Crippen MR) is 76.8 cm³/mol. The van der Waals surface area contributed by atoms with Crippen LogP contribution in [0.3, 0.4) is 0 Å². The van der Waals surface area contributed by atoms with Gasteiger partial charge in [0.05, 0.1) is 0 Å². The Balaban J connectivity index is 3.47. The van der Waals surface area contributed by atoms with Crippen molar-refractivity contribution in [3.63, 3.8) is 0 Å². The molecule has 1 unspecified atom stereocenters. The summed E-state index contributed by atoms with van der Waals surface area (Å²) in [6, 6.07) is 3.71. The van der Waals surface area contributed by atoms with Gasteiger partial charge in [0, 0.05) is 29.3 Å². The molecule has 1 aromatic rings. The summed E-state index contributed by atoms with van der Waals surface area (Å²) in [5.74, 6) is 0.437. The Morgan fingerprint density at radius 3 is 2.17 bits per heavy atom. The molecule has 3 heteroatoms. The van der Waals surface area contributed by atoms with Crippen LogP contribution in [0, 0.1) is 5.92 Å². The maximum absolute atomic E-state index is 12.5. The summed E-state index contributed by atoms with van der Waals surface area (Å²) in [6.45, 7) is 13.2. The second-order valence-corrected chi connectivity index (χ2v) is 6.52. The Labute approximate surface area is 110 Å². The molecule has 3 nitrogen and oxygen atoms in total. The third-order valence-electron chi connectivity index (χ3n) is 3.01. The predicted octanol–water partition coefficient (Wildman–Crippen LogP) is 2.82. The van der Waals surface area contributed by atoms with Crippen LogP contribution in [0.1, 0.15) is 58.8 Å². The van der Waals surface area contributed by atoms with E-state index in [1.54, 1.807) is 0 Å². The van der Waals surface area contributed by atoms with E-state index in [4.69, 9.17) is 5.73 Å². The molecule has 0 spiro atoms. The van der Waals surface area contributed by atoms with Gasteiger partial charge in [0.1, 0.15) is 0 Å². The second kappa shape index (κ2) is 5.27. The van der Waals surface area contributed by atoms with Crippen molar-refractivity contribution in [2.75, 3.05) is 0 Å². The molecular formula is C15H26N2O. The Kier molecular flexibility index (Phi) is 4.38. The standard InChI is InChI=1S/C15H26N2O/c1-10(2)9-17-13(15(4,5)6)8-7-12(11(3)16)14(17)18/h7-8,10-11H,9,16H2,1-6H3. The third kappa shape index (κ3) is 3.22. The summed E-state index contributed by atoms with van der Waals surface area (Å²) in [5, 5.41) is 0. The lowest BCUT2D eigenvalue weighted by Crippen LogP contribution is -2.34. The van der Waals surface area contributed by atoms with E-state index in [0.717, 1.165) is 12.2 Å². The molecule has 0 saturated carbocycles. The van der Waals surface area contributed by atoms with Crippen LogP contribution in [0.5, 0.6) is 0 Å². The molecule has 0 aliphatic carbocycles. The average molecular weight is 250 g/mol. The zero-order valence-electron chi connectivity index (χ0n) is 12.4. The van der Waals surface area contributed by atoms with Gasteiger partial charge in [0.15, 0.2) is 0 Å². The van der Waals surface area contributed by atoms with Crippen LogP contribution in [0.15, 0.2) is 16.9 Å². The minimum Gasteiger partial charge on any atom is -0.324 e. The highest BCUT2D eigenvalue weighted by Gasteiger charge is 2.21. The second-order valence-electron chi connectivity index (χ2n) is 6.52. The molecule has 0 aliphatic heterocycles. The smallest absolute Gasteiger partial charge is 0.255 e. The van der Waals surface area contributed by atoms with Crippen LogP contribution in [0.4, 0.5) is 0 Å². The Morgan fingerprint density at radius 2 is 1.78 bits per heavy atom. The largest absolute Gasteiger partial charge is 0.324 e. The van der Waals surface area contributed by atoms with E-state index in [2.05, 4.69) is 34.6 Å². The molecule has 0 bridgehead atoms. The van der Waals surface area contributed by atoms with Crippen molar-refractivity contribution in [1.82, 2.24) is 4.57 Å². The van der Waals surface area contributed by atoms with Gasteiger partial charge < -0.3 is 10.3 Å². The number of pyridine rings is 1. The minimum absolute atomic E-state index is 0.0373. The topological polar surface area (TPSA) is 48.0 Å². The zero-order chi connectivity index (χ0) is 14.1. The quantitative estimate of drug-likeness (QED) is 0.896. The fourth-order valence-corrected chi connectivity index (χ4v) is 2.14. The third-order valence-corrected chi connectivity index (χ3v) is 3.01. The number of nitrogens with zero attached hydrogens (tertiary/aromatic N) is 1. The number of hydrogen-bond donors (Lipinski definition) is 1. The summed E-state index contributed by atoms with van der Waals surface area (Å²) in [5.41, 5.74) is 7.66. The van der Waals surface area contributed by atoms with Crippen molar-refractivity contribution in [2.24, 2.45) is 11.7 Å². The van der Waals surface area contributed by atoms with Crippen LogP contribution < -0.4 is 11.3 Å². The highest BCUT2D eigenvalue weighted by Crippen LogP contribution is 2.22. The lowest BCUT2D eigenvalue weighted by atomic mass is 9.90. The normalized spacial score (nSPS) is 14.0. The molecule has 0 saturated heterocycles. The van der Waals surface area contributed by atoms with Gasteiger partial charge >= 0.3 is 0 Å². The number of nitrogens with two attached hydrogens (primary N) is 1. The molecule has 0 fully saturated rings. The van der Waals surface area contributed by atoms with E-state index in [0.29, 0.717) is 11.5 Å². The van der Waals surface area contributed by atoms with Crippen molar-refractivity contribution >= 4 is 0 Å². The van der Waals surface area contributed by atoms with Gasteiger partial charge in [0.2, 0.25) is 0 Å². The van der Waals surface area contributed by atoms with E-state index in [1.165, 1.54) is 0 Å². The highest BCUT2D eigenvalue weighted by molar-refractivity contribution is 5.23. The lowest BCUT2D eigenvalue weighted by molar-refractivity contribution is 0.444. The minimum atomic E-state index is -0.218. The van der Waals surface area contributed by atoms with Crippen molar-refractivity contribution in [3.8, 4) is 0 Å². The van der Waals surface area contributed by atoms with Crippen LogP contribution in [-0.4, -0.2) is 4.57 Å². The van der Waals surface area contributed by atoms with Crippen molar-refractivity contribution < 1.29 is 0 Å². The van der Waals surface area contributed by atoms with Crippen molar-refractivity contribution in [1.29, 1.82) is 0 Å². The van der Waals surface area contributed by atoms with Gasteiger partial charge in [-0.25, -0.2) is 0 Å². The number of rotatable bonds is 3. The molecule has 1 atom stereocenters. The van der Waals surface area contributed by atoms with Gasteiger partial charge in [-0.1, -0.05) is 40.7 Å². The van der Waals surface area contributed by atoms with Gasteiger partial charge in [0.25, 0.3) is 5.56 Å². The average Bonchev–Trinajstić information content (AvgIpc) is 2.17. The van der Waals surface area contributed by atoms with Crippen molar-refractivity contribution in [3.05, 3.63) is 33.7 Å². The van der Waals surface area contributed by atoms with Gasteiger partial charge in [-0.2, -0.15) is 0 Å². The van der Waals surface area contributed by atoms with E-state index < -0.39 is 0 Å². The maximum Gasteiger partial charge on any atom is 0.255 e. The molecule has 0 radical (unpaired) electrons. The summed E-state index contributed by atoms with van der Waals surface area (Å²) in [6.07, 6.45) is 0. The van der Waals surface area contributed by atoms with Crippen LogP contribution in [-0.2, 0) is 12.0 Å². The zero-order valence-corrected chi connectivity index (χ0v) is 12.4. The molecular weight excluding hydrogens is 224 g/mol. The van der Waals surface area contributed by atoms with Gasteiger partial charge in [-0.3, -0.25) is 4.79 Å². The summed E-state index contributed by atoms with van der Waals surface area (Å²) in [7, 11) is 0. The van der Waals surface area contributed by atoms with Crippen LogP contribution in [0.2, 0.25) is 0 Å². The van der Waals surface area contributed by atoms with Crippen molar-refractivity contribution in [2.45, 2.75) is 59.5 Å². The highest BCUT2D eigenvalue weighted by atomic mass is 16.1. The SMILES string of the molecule is CC(C)Cn1c(C(C)(C)C)ccc(C(C)N)c1=O. The summed E-state index contributed by atoms with van der Waals surface area (Å²) < 4.78 is 1.89. The molecule has 2 N–H and O–H groups in total. The first kappa shape index (κ1) is 15.0. The van der Waals surface area contributed by atoms with E-state index in [1.807, 2.05) is 23.6 Å². The summed E-state index contributed by atoms with van der Waals surface area (Å²) >= 11 is 0. The molecule has 0 amide bonds. The van der Waals surface area contributed by atoms with Crippen LogP contribution in [0.25, 0.3) is 0 Å². The number of aromatic nitrogens is 1. The monoisotopic (exact) mass is 250 g/mol. The molecule has 0 aromatic carbocycles. The molecule has 0 aliphatic rings. The molecule has 18 heavy (non-hydrogen) atoms. The Bertz CT molecular complexity index is 464. The first-order chi connectivity index (χ1) is 8.14. The maximum atomic E-state index is 12.5. The van der Waals surface area contributed by atoms with E-state index >= 15 is 0 Å². The Morgan fingerprint density at radius 1 is 1.22 bits per heavy atom. The fourth-order valence-electron chi connectivity index (χ4n) is 2.14. The molecule has 1 aromatic heterocycles. The Hall–Kier alpha value is -1.09. The van der Waals surface area contributed by atoms with Crippen LogP contribution >= 0.6 is 0 Å². The fraction of sp³-hybridized carbons (Fsp3) is 0.667. The molecule has 1 heterocycles. The first-order valence-corrected chi connectivity index (χ1v) is 6.64.